The van der Waals surface area contributed by atoms with Gasteiger partial charge in [0.1, 0.15) is 0 Å². The second-order valence-electron chi connectivity index (χ2n) is 5.23. The van der Waals surface area contributed by atoms with Gasteiger partial charge in [0.15, 0.2) is 0 Å². The lowest BCUT2D eigenvalue weighted by atomic mass is 9.77. The Morgan fingerprint density at radius 1 is 1.00 bits per heavy atom. The van der Waals surface area contributed by atoms with Gasteiger partial charge in [-0.25, -0.2) is 0 Å². The molecule has 0 aliphatic heterocycles. The lowest BCUT2D eigenvalue weighted by Crippen LogP contribution is -2.34. The minimum atomic E-state index is -1.42. The summed E-state index contributed by atoms with van der Waals surface area (Å²) in [5.41, 5.74) is 4.03. The molecule has 0 saturated carbocycles. The number of aryl methyl sites for hydroxylation is 1. The molecular weight excluding hydrogens is 249 g/mol. The zero-order chi connectivity index (χ0) is 14.5. The molecule has 2 aromatic rings. The van der Waals surface area contributed by atoms with Crippen molar-refractivity contribution in [3.8, 4) is 0 Å². The van der Waals surface area contributed by atoms with E-state index in [1.54, 1.807) is 6.07 Å². The van der Waals surface area contributed by atoms with Gasteiger partial charge in [0.25, 0.3) is 0 Å². The summed E-state index contributed by atoms with van der Waals surface area (Å²) in [6, 6.07) is 15.8. The fourth-order valence-electron chi connectivity index (χ4n) is 2.40. The van der Waals surface area contributed by atoms with Gasteiger partial charge in [-0.1, -0.05) is 54.1 Å². The Kier molecular flexibility index (Phi) is 4.96. The summed E-state index contributed by atoms with van der Waals surface area (Å²) < 4.78 is 0. The first-order valence-electron chi connectivity index (χ1n) is 6.74. The van der Waals surface area contributed by atoms with Crippen molar-refractivity contribution in [2.75, 3.05) is 7.05 Å². The van der Waals surface area contributed by atoms with E-state index in [1.807, 2.05) is 25.2 Å². The van der Waals surface area contributed by atoms with Crippen LogP contribution in [0.3, 0.4) is 0 Å². The predicted octanol–water partition coefficient (Wildman–Crippen LogP) is 1.31. The van der Waals surface area contributed by atoms with E-state index >= 15 is 0 Å². The summed E-state index contributed by atoms with van der Waals surface area (Å²) >= 11 is 0. The third-order valence-corrected chi connectivity index (χ3v) is 3.31. The summed E-state index contributed by atoms with van der Waals surface area (Å²) in [5.74, 6) is 0. The van der Waals surface area contributed by atoms with E-state index in [1.165, 1.54) is 11.1 Å². The molecule has 2 aromatic carbocycles. The topological polar surface area (TPSA) is 43.7 Å². The summed E-state index contributed by atoms with van der Waals surface area (Å²) in [7, 11) is 0.613. The van der Waals surface area contributed by atoms with Gasteiger partial charge < -0.3 is 10.0 Å². The zero-order valence-corrected chi connectivity index (χ0v) is 12.0. The van der Waals surface area contributed by atoms with Gasteiger partial charge in [-0.2, -0.15) is 0 Å². The van der Waals surface area contributed by atoms with Crippen LogP contribution in [-0.2, 0) is 13.1 Å². The maximum Gasteiger partial charge on any atom is 0.488 e. The van der Waals surface area contributed by atoms with Crippen molar-refractivity contribution in [3.63, 3.8) is 0 Å². The Balaban J connectivity index is 2.06. The molecule has 0 aliphatic carbocycles. The molecule has 0 fully saturated rings. The molecule has 4 heteroatoms. The molecule has 0 amide bonds. The first-order chi connectivity index (χ1) is 9.56. The van der Waals surface area contributed by atoms with Gasteiger partial charge in [-0.3, -0.25) is 4.90 Å². The van der Waals surface area contributed by atoms with Gasteiger partial charge in [-0.05, 0) is 30.6 Å². The minimum absolute atomic E-state index is 0.573. The van der Waals surface area contributed by atoms with Crippen LogP contribution in [0.4, 0.5) is 0 Å². The highest BCUT2D eigenvalue weighted by Gasteiger charge is 2.16. The number of rotatable bonds is 5. The first kappa shape index (κ1) is 14.8. The molecule has 2 N–H and O–H groups in total. The predicted molar refractivity (Wildman–Crippen MR) is 82.6 cm³/mol. The van der Waals surface area contributed by atoms with Crippen LogP contribution in [0.25, 0.3) is 0 Å². The van der Waals surface area contributed by atoms with Crippen LogP contribution >= 0.6 is 0 Å². The quantitative estimate of drug-likeness (QED) is 0.804. The lowest BCUT2D eigenvalue weighted by molar-refractivity contribution is 0.319. The van der Waals surface area contributed by atoms with Crippen molar-refractivity contribution in [1.82, 2.24) is 4.90 Å². The standard InChI is InChI=1S/C16H20BNO2/c1-13-6-5-7-14(10-13)11-18(2)12-15-8-3-4-9-16(15)17(19)20/h3-10,19-20H,11-12H2,1-2H3. The van der Waals surface area contributed by atoms with Crippen LogP contribution in [0, 0.1) is 6.92 Å². The highest BCUT2D eigenvalue weighted by atomic mass is 16.4. The minimum Gasteiger partial charge on any atom is -0.423 e. The van der Waals surface area contributed by atoms with Crippen LogP contribution in [0.15, 0.2) is 48.5 Å². The molecule has 0 radical (unpaired) electrons. The number of nitrogens with zero attached hydrogens (tertiary/aromatic N) is 1. The molecule has 2 rings (SSSR count). The third-order valence-electron chi connectivity index (χ3n) is 3.31. The maximum absolute atomic E-state index is 9.38. The monoisotopic (exact) mass is 269 g/mol. The van der Waals surface area contributed by atoms with Crippen molar-refractivity contribution in [2.24, 2.45) is 0 Å². The Morgan fingerprint density at radius 3 is 2.45 bits per heavy atom. The van der Waals surface area contributed by atoms with Crippen LogP contribution in [0.2, 0.25) is 0 Å². The Hall–Kier alpha value is -1.62. The normalized spacial score (nSPS) is 10.8. The van der Waals surface area contributed by atoms with Gasteiger partial charge in [-0.15, -0.1) is 0 Å². The first-order valence-corrected chi connectivity index (χ1v) is 6.74. The SMILES string of the molecule is Cc1cccc(CN(C)Cc2ccccc2B(O)O)c1. The van der Waals surface area contributed by atoms with Gasteiger partial charge in [0.2, 0.25) is 0 Å². The molecule has 0 aliphatic rings. The molecular formula is C16H20BNO2. The van der Waals surface area contributed by atoms with E-state index in [2.05, 4.69) is 36.1 Å². The van der Waals surface area contributed by atoms with E-state index in [4.69, 9.17) is 0 Å². The van der Waals surface area contributed by atoms with Crippen LogP contribution < -0.4 is 5.46 Å². The van der Waals surface area contributed by atoms with Crippen molar-refractivity contribution < 1.29 is 10.0 Å². The molecule has 3 nitrogen and oxygen atoms in total. The van der Waals surface area contributed by atoms with Crippen molar-refractivity contribution in [1.29, 1.82) is 0 Å². The molecule has 0 saturated heterocycles. The molecule has 0 unspecified atom stereocenters. The van der Waals surface area contributed by atoms with Crippen molar-refractivity contribution >= 4 is 12.6 Å². The van der Waals surface area contributed by atoms with Gasteiger partial charge >= 0.3 is 7.12 Å². The second kappa shape index (κ2) is 6.70. The fourth-order valence-corrected chi connectivity index (χ4v) is 2.40. The fraction of sp³-hybridized carbons (Fsp3) is 0.250. The smallest absolute Gasteiger partial charge is 0.423 e. The van der Waals surface area contributed by atoms with E-state index < -0.39 is 7.12 Å². The molecule has 104 valence electrons. The van der Waals surface area contributed by atoms with E-state index in [-0.39, 0.29) is 0 Å². The average Bonchev–Trinajstić information content (AvgIpc) is 2.38. The zero-order valence-electron chi connectivity index (χ0n) is 12.0. The number of benzene rings is 2. The number of hydrogen-bond acceptors (Lipinski definition) is 3. The number of hydrogen-bond donors (Lipinski definition) is 2. The Morgan fingerprint density at radius 2 is 1.75 bits per heavy atom. The third kappa shape index (κ3) is 3.94. The molecule has 0 bridgehead atoms. The van der Waals surface area contributed by atoms with Crippen LogP contribution in [0.1, 0.15) is 16.7 Å². The molecule has 0 spiro atoms. The molecule has 20 heavy (non-hydrogen) atoms. The van der Waals surface area contributed by atoms with Crippen molar-refractivity contribution in [3.05, 3.63) is 65.2 Å². The van der Waals surface area contributed by atoms with Gasteiger partial charge in [0, 0.05) is 13.1 Å². The largest absolute Gasteiger partial charge is 0.488 e. The van der Waals surface area contributed by atoms with E-state index in [0.29, 0.717) is 12.0 Å². The summed E-state index contributed by atoms with van der Waals surface area (Å²) in [4.78, 5) is 2.16. The summed E-state index contributed by atoms with van der Waals surface area (Å²) in [6.45, 7) is 3.60. The van der Waals surface area contributed by atoms with Crippen LogP contribution in [-0.4, -0.2) is 29.1 Å². The molecule has 0 aromatic heterocycles. The lowest BCUT2D eigenvalue weighted by Gasteiger charge is -2.19. The summed E-state index contributed by atoms with van der Waals surface area (Å²) in [6.07, 6.45) is 0. The Bertz CT molecular complexity index is 572. The second-order valence-corrected chi connectivity index (χ2v) is 5.23. The van der Waals surface area contributed by atoms with E-state index in [0.717, 1.165) is 12.1 Å². The van der Waals surface area contributed by atoms with E-state index in [9.17, 15) is 10.0 Å². The molecule has 0 heterocycles. The highest BCUT2D eigenvalue weighted by Crippen LogP contribution is 2.09. The van der Waals surface area contributed by atoms with Gasteiger partial charge in [0.05, 0.1) is 0 Å². The Labute approximate surface area is 120 Å². The maximum atomic E-state index is 9.38. The van der Waals surface area contributed by atoms with Crippen molar-refractivity contribution in [2.45, 2.75) is 20.0 Å². The molecule has 0 atom stereocenters. The van der Waals surface area contributed by atoms with Crippen LogP contribution in [0.5, 0.6) is 0 Å². The summed E-state index contributed by atoms with van der Waals surface area (Å²) in [5, 5.41) is 18.8. The highest BCUT2D eigenvalue weighted by molar-refractivity contribution is 6.59. The average molecular weight is 269 g/mol.